The lowest BCUT2D eigenvalue weighted by atomic mass is 10.0. The average molecular weight is 224 g/mol. The van der Waals surface area contributed by atoms with Crippen molar-refractivity contribution < 1.29 is 0 Å². The number of hydrogen-bond acceptors (Lipinski definition) is 0. The second-order valence-corrected chi connectivity index (χ2v) is 4.82. The maximum atomic E-state index is 2.24. The Morgan fingerprint density at radius 2 is 0.941 bits per heavy atom. The Morgan fingerprint density at radius 1 is 0.588 bits per heavy atom. The third-order valence-electron chi connectivity index (χ3n) is 3.17. The number of benzene rings is 2. The van der Waals surface area contributed by atoms with Crippen molar-refractivity contribution in [1.82, 2.24) is 0 Å². The van der Waals surface area contributed by atoms with Crippen LogP contribution in [0.1, 0.15) is 28.7 Å². The molecule has 0 N–H and O–H groups in total. The Hall–Kier alpha value is -1.56. The molecule has 0 nitrogen and oxygen atoms in total. The van der Waals surface area contributed by atoms with E-state index >= 15 is 0 Å². The summed E-state index contributed by atoms with van der Waals surface area (Å²) in [5.41, 5.74) is 5.57. The standard InChI is InChI=1S/C17H20/c1-14-6-10-16(11-7-14)4-3-5-17-12-8-15(2)9-13-17/h6-13H,3-5H2,1-2H3. The second-order valence-electron chi connectivity index (χ2n) is 4.82. The largest absolute Gasteiger partial charge is 0.0591 e. The van der Waals surface area contributed by atoms with Crippen LogP contribution in [-0.4, -0.2) is 0 Å². The summed E-state index contributed by atoms with van der Waals surface area (Å²) < 4.78 is 0. The number of hydrogen-bond donors (Lipinski definition) is 0. The molecular weight excluding hydrogens is 204 g/mol. The second kappa shape index (κ2) is 5.67. The van der Waals surface area contributed by atoms with Crippen molar-refractivity contribution in [3.8, 4) is 0 Å². The highest BCUT2D eigenvalue weighted by Gasteiger charge is 1.95. The normalized spacial score (nSPS) is 10.5. The van der Waals surface area contributed by atoms with Gasteiger partial charge in [0.2, 0.25) is 0 Å². The van der Waals surface area contributed by atoms with Crippen LogP contribution in [0.3, 0.4) is 0 Å². The molecule has 0 aliphatic carbocycles. The minimum Gasteiger partial charge on any atom is -0.0591 e. The van der Waals surface area contributed by atoms with Crippen LogP contribution in [0.2, 0.25) is 0 Å². The summed E-state index contributed by atoms with van der Waals surface area (Å²) >= 11 is 0. The van der Waals surface area contributed by atoms with Crippen LogP contribution in [0.25, 0.3) is 0 Å². The van der Waals surface area contributed by atoms with E-state index in [0.29, 0.717) is 0 Å². The molecule has 0 aromatic heterocycles. The van der Waals surface area contributed by atoms with Crippen molar-refractivity contribution in [3.05, 3.63) is 70.8 Å². The van der Waals surface area contributed by atoms with E-state index in [1.54, 1.807) is 0 Å². The van der Waals surface area contributed by atoms with Crippen LogP contribution >= 0.6 is 0 Å². The van der Waals surface area contributed by atoms with Crippen LogP contribution in [0.5, 0.6) is 0 Å². The van der Waals surface area contributed by atoms with E-state index in [1.807, 2.05) is 0 Å². The molecule has 0 spiro atoms. The fourth-order valence-corrected chi connectivity index (χ4v) is 2.01. The van der Waals surface area contributed by atoms with Crippen LogP contribution in [0, 0.1) is 13.8 Å². The van der Waals surface area contributed by atoms with Gasteiger partial charge in [0.15, 0.2) is 0 Å². The topological polar surface area (TPSA) is 0 Å². The highest BCUT2D eigenvalue weighted by atomic mass is 14.0. The third-order valence-corrected chi connectivity index (χ3v) is 3.17. The Labute approximate surface area is 104 Å². The number of rotatable bonds is 4. The van der Waals surface area contributed by atoms with Crippen molar-refractivity contribution in [1.29, 1.82) is 0 Å². The van der Waals surface area contributed by atoms with Gasteiger partial charge in [-0.2, -0.15) is 0 Å². The molecule has 0 heterocycles. The van der Waals surface area contributed by atoms with E-state index in [1.165, 1.54) is 41.5 Å². The Kier molecular flexibility index (Phi) is 3.98. The molecule has 0 saturated carbocycles. The van der Waals surface area contributed by atoms with Crippen molar-refractivity contribution in [2.24, 2.45) is 0 Å². The first-order chi connectivity index (χ1) is 8.24. The molecule has 17 heavy (non-hydrogen) atoms. The summed E-state index contributed by atoms with van der Waals surface area (Å²) in [7, 11) is 0. The van der Waals surface area contributed by atoms with E-state index < -0.39 is 0 Å². The van der Waals surface area contributed by atoms with Gasteiger partial charge in [0.1, 0.15) is 0 Å². The lowest BCUT2D eigenvalue weighted by molar-refractivity contribution is 0.820. The van der Waals surface area contributed by atoms with Crippen LogP contribution in [-0.2, 0) is 12.8 Å². The predicted molar refractivity (Wildman–Crippen MR) is 74.4 cm³/mol. The van der Waals surface area contributed by atoms with E-state index in [-0.39, 0.29) is 0 Å². The van der Waals surface area contributed by atoms with E-state index in [2.05, 4.69) is 62.4 Å². The van der Waals surface area contributed by atoms with Gasteiger partial charge < -0.3 is 0 Å². The summed E-state index contributed by atoms with van der Waals surface area (Å²) in [6.45, 7) is 4.27. The molecule has 0 radical (unpaired) electrons. The first-order valence-electron chi connectivity index (χ1n) is 6.35. The van der Waals surface area contributed by atoms with Gasteiger partial charge in [-0.05, 0) is 44.2 Å². The molecule has 0 atom stereocenters. The van der Waals surface area contributed by atoms with Gasteiger partial charge >= 0.3 is 0 Å². The maximum Gasteiger partial charge on any atom is -0.0276 e. The highest BCUT2D eigenvalue weighted by molar-refractivity contribution is 5.23. The maximum absolute atomic E-state index is 2.24. The zero-order valence-corrected chi connectivity index (χ0v) is 10.7. The lowest BCUT2D eigenvalue weighted by Crippen LogP contribution is -1.90. The molecule has 0 aliphatic rings. The average Bonchev–Trinajstić information content (AvgIpc) is 2.34. The molecule has 0 aliphatic heterocycles. The summed E-state index contributed by atoms with van der Waals surface area (Å²) in [6.07, 6.45) is 3.58. The van der Waals surface area contributed by atoms with Gasteiger partial charge in [0, 0.05) is 0 Å². The molecule has 2 aromatic carbocycles. The van der Waals surface area contributed by atoms with Crippen LogP contribution in [0.15, 0.2) is 48.5 Å². The molecule has 0 amide bonds. The van der Waals surface area contributed by atoms with Gasteiger partial charge in [-0.15, -0.1) is 0 Å². The zero-order valence-electron chi connectivity index (χ0n) is 10.7. The minimum atomic E-state index is 1.17. The molecule has 0 unspecified atom stereocenters. The van der Waals surface area contributed by atoms with Gasteiger partial charge in [-0.1, -0.05) is 59.7 Å². The molecule has 2 aromatic rings. The van der Waals surface area contributed by atoms with E-state index in [0.717, 1.165) is 0 Å². The van der Waals surface area contributed by atoms with Crippen molar-refractivity contribution in [2.45, 2.75) is 33.1 Å². The van der Waals surface area contributed by atoms with Crippen molar-refractivity contribution >= 4 is 0 Å². The lowest BCUT2D eigenvalue weighted by Gasteiger charge is -2.03. The summed E-state index contributed by atoms with van der Waals surface area (Å²) in [4.78, 5) is 0. The quantitative estimate of drug-likeness (QED) is 0.718. The summed E-state index contributed by atoms with van der Waals surface area (Å²) in [6, 6.07) is 17.7. The van der Waals surface area contributed by atoms with Crippen molar-refractivity contribution in [2.75, 3.05) is 0 Å². The molecule has 0 heteroatoms. The molecule has 0 saturated heterocycles. The number of aryl methyl sites for hydroxylation is 4. The molecule has 0 bridgehead atoms. The monoisotopic (exact) mass is 224 g/mol. The van der Waals surface area contributed by atoms with Crippen LogP contribution < -0.4 is 0 Å². The summed E-state index contributed by atoms with van der Waals surface area (Å²) in [5, 5.41) is 0. The summed E-state index contributed by atoms with van der Waals surface area (Å²) in [5.74, 6) is 0. The van der Waals surface area contributed by atoms with Crippen molar-refractivity contribution in [3.63, 3.8) is 0 Å². The molecular formula is C17H20. The first-order valence-corrected chi connectivity index (χ1v) is 6.35. The zero-order chi connectivity index (χ0) is 12.1. The SMILES string of the molecule is Cc1ccc(CCCc2ccc(C)cc2)cc1. The van der Waals surface area contributed by atoms with E-state index in [9.17, 15) is 0 Å². The molecule has 2 rings (SSSR count). The van der Waals surface area contributed by atoms with Gasteiger partial charge in [0.05, 0.1) is 0 Å². The fraction of sp³-hybridized carbons (Fsp3) is 0.294. The smallest absolute Gasteiger partial charge is 0.0276 e. The first kappa shape index (κ1) is 11.9. The predicted octanol–water partition coefficient (Wildman–Crippen LogP) is 4.48. The fourth-order valence-electron chi connectivity index (χ4n) is 2.01. The van der Waals surface area contributed by atoms with Gasteiger partial charge in [-0.3, -0.25) is 0 Å². The van der Waals surface area contributed by atoms with Gasteiger partial charge in [0.25, 0.3) is 0 Å². The van der Waals surface area contributed by atoms with E-state index in [4.69, 9.17) is 0 Å². The van der Waals surface area contributed by atoms with Crippen LogP contribution in [0.4, 0.5) is 0 Å². The molecule has 0 fully saturated rings. The molecule has 88 valence electrons. The third kappa shape index (κ3) is 3.74. The van der Waals surface area contributed by atoms with Gasteiger partial charge in [-0.25, -0.2) is 0 Å². The highest BCUT2D eigenvalue weighted by Crippen LogP contribution is 2.10. The Bertz CT molecular complexity index is 403. The Morgan fingerprint density at radius 3 is 1.29 bits per heavy atom. The minimum absolute atomic E-state index is 1.17. The Balaban J connectivity index is 1.83.